The summed E-state index contributed by atoms with van der Waals surface area (Å²) in [6.07, 6.45) is -6.50. The molecule has 22 heavy (non-hydrogen) atoms. The Balaban J connectivity index is 2.10. The summed E-state index contributed by atoms with van der Waals surface area (Å²) in [6, 6.07) is 0. The van der Waals surface area contributed by atoms with Crippen LogP contribution in [0.3, 0.4) is 0 Å². The van der Waals surface area contributed by atoms with Crippen LogP contribution in [0.1, 0.15) is 27.2 Å². The summed E-state index contributed by atoms with van der Waals surface area (Å²) in [4.78, 5) is 0. The molecule has 3 nitrogen and oxygen atoms in total. The lowest BCUT2D eigenvalue weighted by Gasteiger charge is -2.57. The first kappa shape index (κ1) is 16.4. The molecule has 3 aliphatic rings. The highest BCUT2D eigenvalue weighted by Crippen LogP contribution is 2.66. The molecule has 2 aliphatic carbocycles. The van der Waals surface area contributed by atoms with Gasteiger partial charge in [-0.05, 0) is 37.0 Å². The van der Waals surface area contributed by atoms with Crippen molar-refractivity contribution in [3.05, 3.63) is 0 Å². The van der Waals surface area contributed by atoms with Gasteiger partial charge >= 0.3 is 17.9 Å². The van der Waals surface area contributed by atoms with Gasteiger partial charge in [0.15, 0.2) is 0 Å². The molecule has 0 aromatic carbocycles. The van der Waals surface area contributed by atoms with Gasteiger partial charge in [-0.25, -0.2) is 0 Å². The number of aliphatic hydroxyl groups is 2. The van der Waals surface area contributed by atoms with Crippen LogP contribution in [0, 0.1) is 29.6 Å². The number of hydrogen-bond donors (Lipinski definition) is 2. The largest absolute Gasteiger partial charge is 0.449 e. The fourth-order valence-corrected chi connectivity index (χ4v) is 4.91. The molecule has 8 unspecified atom stereocenters. The molecule has 3 fully saturated rings. The molecule has 1 saturated heterocycles. The SMILES string of the molecule is CC1C(C)C2CC1C1OC(O)(C(F)(F)F)C(F)(F)C(C)(O)C21. The molecule has 3 rings (SSSR count). The zero-order chi connectivity index (χ0) is 16.9. The van der Waals surface area contributed by atoms with Gasteiger partial charge in [0.2, 0.25) is 0 Å². The molecule has 0 radical (unpaired) electrons. The quantitative estimate of drug-likeness (QED) is 0.671. The van der Waals surface area contributed by atoms with Gasteiger partial charge in [0.05, 0.1) is 6.10 Å². The lowest BCUT2D eigenvalue weighted by molar-refractivity contribution is -0.495. The van der Waals surface area contributed by atoms with Crippen LogP contribution in [0.15, 0.2) is 0 Å². The van der Waals surface area contributed by atoms with E-state index in [1.54, 1.807) is 0 Å². The van der Waals surface area contributed by atoms with Crippen LogP contribution in [0.4, 0.5) is 22.0 Å². The van der Waals surface area contributed by atoms with Crippen LogP contribution in [-0.2, 0) is 4.74 Å². The van der Waals surface area contributed by atoms with Crippen LogP contribution in [0.5, 0.6) is 0 Å². The first-order valence-corrected chi connectivity index (χ1v) is 7.34. The molecule has 8 atom stereocenters. The summed E-state index contributed by atoms with van der Waals surface area (Å²) < 4.78 is 72.5. The average Bonchev–Trinajstić information content (AvgIpc) is 2.84. The van der Waals surface area contributed by atoms with Gasteiger partial charge in [0, 0.05) is 5.92 Å². The Morgan fingerprint density at radius 1 is 1.05 bits per heavy atom. The fourth-order valence-electron chi connectivity index (χ4n) is 4.91. The first-order valence-electron chi connectivity index (χ1n) is 7.34. The molecule has 2 N–H and O–H groups in total. The van der Waals surface area contributed by atoms with Crippen LogP contribution in [-0.4, -0.2) is 39.8 Å². The molecule has 8 heteroatoms. The molecule has 0 aromatic rings. The molecular weight excluding hydrogens is 311 g/mol. The summed E-state index contributed by atoms with van der Waals surface area (Å²) in [6.45, 7) is 4.37. The standard InChI is InChI=1S/C14H19F5O3/c1-5-6(2)8-4-7(5)9-10(8)22-13(21,14(17,18)19)12(15,16)11(9,3)20/h5-10,20-21H,4H2,1-3H3. The van der Waals surface area contributed by atoms with Crippen molar-refractivity contribution >= 4 is 0 Å². The topological polar surface area (TPSA) is 49.7 Å². The van der Waals surface area contributed by atoms with E-state index in [0.29, 0.717) is 13.3 Å². The van der Waals surface area contributed by atoms with Gasteiger partial charge in [-0.15, -0.1) is 0 Å². The zero-order valence-corrected chi connectivity index (χ0v) is 12.4. The van der Waals surface area contributed by atoms with E-state index in [2.05, 4.69) is 4.74 Å². The predicted molar refractivity (Wildman–Crippen MR) is 64.9 cm³/mol. The highest BCUT2D eigenvalue weighted by atomic mass is 19.4. The molecule has 2 saturated carbocycles. The highest BCUT2D eigenvalue weighted by Gasteiger charge is 2.84. The lowest BCUT2D eigenvalue weighted by atomic mass is 9.63. The van der Waals surface area contributed by atoms with Crippen LogP contribution < -0.4 is 0 Å². The minimum Gasteiger partial charge on any atom is -0.383 e. The summed E-state index contributed by atoms with van der Waals surface area (Å²) in [5.41, 5.74) is -2.99. The average molecular weight is 330 g/mol. The lowest BCUT2D eigenvalue weighted by Crippen LogP contribution is -2.77. The van der Waals surface area contributed by atoms with E-state index in [1.807, 2.05) is 13.8 Å². The van der Waals surface area contributed by atoms with Crippen LogP contribution in [0.25, 0.3) is 0 Å². The second-order valence-electron chi connectivity index (χ2n) is 7.25. The van der Waals surface area contributed by atoms with E-state index in [1.165, 1.54) is 0 Å². The normalized spacial score (nSPS) is 57.0. The molecule has 0 aromatic heterocycles. The third-order valence-electron chi connectivity index (χ3n) is 6.36. The van der Waals surface area contributed by atoms with Gasteiger partial charge in [0.1, 0.15) is 5.60 Å². The molecule has 0 spiro atoms. The zero-order valence-electron chi connectivity index (χ0n) is 12.4. The fraction of sp³-hybridized carbons (Fsp3) is 1.00. The number of alkyl halides is 5. The van der Waals surface area contributed by atoms with E-state index in [9.17, 15) is 32.2 Å². The van der Waals surface area contributed by atoms with Gasteiger partial charge in [0.25, 0.3) is 0 Å². The van der Waals surface area contributed by atoms with Gasteiger partial charge in [-0.1, -0.05) is 13.8 Å². The van der Waals surface area contributed by atoms with Crippen molar-refractivity contribution in [1.82, 2.24) is 0 Å². The Hall–Kier alpha value is -0.470. The first-order chi connectivity index (χ1) is 9.77. The third-order valence-corrected chi connectivity index (χ3v) is 6.36. The summed E-state index contributed by atoms with van der Waals surface area (Å²) >= 11 is 0. The van der Waals surface area contributed by atoms with Gasteiger partial charge in [-0.3, -0.25) is 0 Å². The van der Waals surface area contributed by atoms with Crippen molar-refractivity contribution in [2.45, 2.75) is 56.8 Å². The number of halogens is 5. The molecule has 1 aliphatic heterocycles. The van der Waals surface area contributed by atoms with Crippen molar-refractivity contribution < 1.29 is 36.9 Å². The van der Waals surface area contributed by atoms with E-state index in [4.69, 9.17) is 0 Å². The summed E-state index contributed by atoms with van der Waals surface area (Å²) in [7, 11) is 0. The van der Waals surface area contributed by atoms with E-state index < -0.39 is 35.5 Å². The smallest absolute Gasteiger partial charge is 0.383 e. The second kappa shape index (κ2) is 4.13. The van der Waals surface area contributed by atoms with Crippen molar-refractivity contribution in [2.75, 3.05) is 0 Å². The van der Waals surface area contributed by atoms with Crippen molar-refractivity contribution in [3.8, 4) is 0 Å². The monoisotopic (exact) mass is 330 g/mol. The molecule has 0 amide bonds. The summed E-state index contributed by atoms with van der Waals surface area (Å²) in [5.74, 6) is -11.4. The van der Waals surface area contributed by atoms with Crippen molar-refractivity contribution in [2.24, 2.45) is 29.6 Å². The van der Waals surface area contributed by atoms with Gasteiger partial charge < -0.3 is 14.9 Å². The Kier molecular flexibility index (Phi) is 3.08. The van der Waals surface area contributed by atoms with E-state index in [0.717, 1.165) is 0 Å². The molecular formula is C14H19F5O3. The van der Waals surface area contributed by atoms with Crippen LogP contribution >= 0.6 is 0 Å². The number of rotatable bonds is 0. The van der Waals surface area contributed by atoms with E-state index >= 15 is 0 Å². The van der Waals surface area contributed by atoms with Crippen molar-refractivity contribution in [1.29, 1.82) is 0 Å². The van der Waals surface area contributed by atoms with Crippen molar-refractivity contribution in [3.63, 3.8) is 0 Å². The number of ether oxygens (including phenoxy) is 1. The maximum Gasteiger partial charge on any atom is 0.449 e. The Morgan fingerprint density at radius 3 is 2.05 bits per heavy atom. The Bertz CT molecular complexity index is 491. The maximum atomic E-state index is 14.4. The molecule has 2 bridgehead atoms. The second-order valence-corrected chi connectivity index (χ2v) is 7.25. The Labute approximate surface area is 124 Å². The third kappa shape index (κ3) is 1.56. The summed E-state index contributed by atoms with van der Waals surface area (Å²) in [5, 5.41) is 19.9. The highest BCUT2D eigenvalue weighted by molar-refractivity contribution is 5.19. The van der Waals surface area contributed by atoms with Crippen LogP contribution in [0.2, 0.25) is 0 Å². The molecule has 128 valence electrons. The minimum atomic E-state index is -5.71. The predicted octanol–water partition coefficient (Wildman–Crippen LogP) is 2.56. The Morgan fingerprint density at radius 2 is 1.55 bits per heavy atom. The number of hydrogen-bond acceptors (Lipinski definition) is 3. The maximum absolute atomic E-state index is 14.4. The minimum absolute atomic E-state index is 0.00810. The molecule has 1 heterocycles. The number of fused-ring (bicyclic) bond motifs is 5. The van der Waals surface area contributed by atoms with Gasteiger partial charge in [-0.2, -0.15) is 22.0 Å². The van der Waals surface area contributed by atoms with E-state index in [-0.39, 0.29) is 23.7 Å².